The van der Waals surface area contributed by atoms with Gasteiger partial charge in [0.25, 0.3) is 0 Å². The van der Waals surface area contributed by atoms with E-state index < -0.39 is 6.10 Å². The third-order valence-corrected chi connectivity index (χ3v) is 4.01. The molecule has 1 N–H and O–H groups in total. The second-order valence-electron chi connectivity index (χ2n) is 4.47. The van der Waals surface area contributed by atoms with Gasteiger partial charge in [0.2, 0.25) is 0 Å². The molecule has 3 rings (SSSR count). The highest BCUT2D eigenvalue weighted by molar-refractivity contribution is 6.42. The fourth-order valence-corrected chi connectivity index (χ4v) is 2.54. The maximum absolute atomic E-state index is 10.5. The normalized spacial score (nSPS) is 12.6. The Balaban J connectivity index is 2.08. The van der Waals surface area contributed by atoms with E-state index in [9.17, 15) is 5.11 Å². The molecule has 0 bridgehead atoms. The largest absolute Gasteiger partial charge is 0.382 e. The molecule has 0 amide bonds. The Morgan fingerprint density at radius 3 is 2.55 bits per heavy atom. The molecule has 1 unspecified atom stereocenters. The van der Waals surface area contributed by atoms with Crippen molar-refractivity contribution in [3.05, 3.63) is 75.9 Å². The van der Waals surface area contributed by atoms with Crippen LogP contribution in [-0.2, 0) is 0 Å². The van der Waals surface area contributed by atoms with Crippen molar-refractivity contribution in [2.45, 2.75) is 6.10 Å². The van der Waals surface area contributed by atoms with Crippen LogP contribution < -0.4 is 0 Å². The van der Waals surface area contributed by atoms with Crippen LogP contribution in [0.2, 0.25) is 10.0 Å². The summed E-state index contributed by atoms with van der Waals surface area (Å²) in [4.78, 5) is 4.47. The molecular formula is C16H11Cl2NO. The number of aromatic nitrogens is 1. The van der Waals surface area contributed by atoms with Gasteiger partial charge in [0.1, 0.15) is 6.10 Å². The first-order chi connectivity index (χ1) is 9.66. The maximum Gasteiger partial charge on any atom is 0.122 e. The molecule has 3 aromatic rings. The number of fused-ring (bicyclic) bond motifs is 1. The van der Waals surface area contributed by atoms with E-state index in [2.05, 4.69) is 4.98 Å². The number of aliphatic hydroxyl groups is 1. The Hall–Kier alpha value is -1.61. The van der Waals surface area contributed by atoms with E-state index in [0.717, 1.165) is 10.9 Å². The molecule has 0 aliphatic rings. The molecule has 4 heteroatoms. The minimum Gasteiger partial charge on any atom is -0.382 e. The summed E-state index contributed by atoms with van der Waals surface area (Å²) < 4.78 is 0. The number of hydrogen-bond acceptors (Lipinski definition) is 2. The van der Waals surface area contributed by atoms with Crippen molar-refractivity contribution >= 4 is 34.1 Å². The van der Waals surface area contributed by atoms with Crippen molar-refractivity contribution in [2.75, 3.05) is 0 Å². The van der Waals surface area contributed by atoms with Gasteiger partial charge in [-0.2, -0.15) is 0 Å². The predicted octanol–water partition coefficient (Wildman–Crippen LogP) is 4.62. The van der Waals surface area contributed by atoms with Crippen molar-refractivity contribution in [3.8, 4) is 0 Å². The van der Waals surface area contributed by atoms with Gasteiger partial charge in [-0.15, -0.1) is 0 Å². The predicted molar refractivity (Wildman–Crippen MR) is 82.3 cm³/mol. The van der Waals surface area contributed by atoms with Gasteiger partial charge >= 0.3 is 0 Å². The topological polar surface area (TPSA) is 33.1 Å². The molecule has 0 saturated heterocycles. The summed E-state index contributed by atoms with van der Waals surface area (Å²) in [6.45, 7) is 0. The summed E-state index contributed by atoms with van der Waals surface area (Å²) in [5.74, 6) is 0. The molecular weight excluding hydrogens is 293 g/mol. The zero-order valence-corrected chi connectivity index (χ0v) is 11.9. The SMILES string of the molecule is OC(c1ccc2ccccc2n1)c1cccc(Cl)c1Cl. The average Bonchev–Trinajstić information content (AvgIpc) is 2.49. The molecule has 0 aliphatic carbocycles. The van der Waals surface area contributed by atoms with Crippen LogP contribution in [0.5, 0.6) is 0 Å². The number of halogens is 2. The van der Waals surface area contributed by atoms with Gasteiger partial charge in [-0.05, 0) is 18.2 Å². The van der Waals surface area contributed by atoms with Gasteiger partial charge in [0, 0.05) is 10.9 Å². The van der Waals surface area contributed by atoms with Crippen molar-refractivity contribution < 1.29 is 5.11 Å². The zero-order valence-electron chi connectivity index (χ0n) is 10.4. The number of pyridine rings is 1. The van der Waals surface area contributed by atoms with E-state index in [-0.39, 0.29) is 0 Å². The van der Waals surface area contributed by atoms with Crippen molar-refractivity contribution in [1.82, 2.24) is 4.98 Å². The second-order valence-corrected chi connectivity index (χ2v) is 5.26. The number of aliphatic hydroxyl groups excluding tert-OH is 1. The molecule has 1 heterocycles. The lowest BCUT2D eigenvalue weighted by Gasteiger charge is -2.13. The number of nitrogens with zero attached hydrogens (tertiary/aromatic N) is 1. The average molecular weight is 304 g/mol. The number of hydrogen-bond donors (Lipinski definition) is 1. The smallest absolute Gasteiger partial charge is 0.122 e. The summed E-state index contributed by atoms with van der Waals surface area (Å²) in [6, 6.07) is 16.7. The molecule has 20 heavy (non-hydrogen) atoms. The third kappa shape index (κ3) is 2.38. The highest BCUT2D eigenvalue weighted by Gasteiger charge is 2.17. The Morgan fingerprint density at radius 2 is 1.70 bits per heavy atom. The van der Waals surface area contributed by atoms with E-state index in [4.69, 9.17) is 23.2 Å². The Labute approximate surface area is 126 Å². The number of benzene rings is 2. The molecule has 2 nitrogen and oxygen atoms in total. The molecule has 100 valence electrons. The molecule has 0 fully saturated rings. The summed E-state index contributed by atoms with van der Waals surface area (Å²) in [7, 11) is 0. The first kappa shape index (κ1) is 13.4. The van der Waals surface area contributed by atoms with Crippen LogP contribution in [0.4, 0.5) is 0 Å². The summed E-state index contributed by atoms with van der Waals surface area (Å²) in [6.07, 6.45) is -0.897. The van der Waals surface area contributed by atoms with Gasteiger partial charge in [-0.25, -0.2) is 4.98 Å². The fourth-order valence-electron chi connectivity index (χ4n) is 2.13. The van der Waals surface area contributed by atoms with Crippen molar-refractivity contribution in [1.29, 1.82) is 0 Å². The zero-order chi connectivity index (χ0) is 14.1. The van der Waals surface area contributed by atoms with Crippen LogP contribution in [0.15, 0.2) is 54.6 Å². The molecule has 0 aliphatic heterocycles. The number of para-hydroxylation sites is 1. The molecule has 0 radical (unpaired) electrons. The van der Waals surface area contributed by atoms with Gasteiger partial charge in [0.05, 0.1) is 21.3 Å². The molecule has 1 aromatic heterocycles. The summed E-state index contributed by atoms with van der Waals surface area (Å²) in [5.41, 5.74) is 1.94. The first-order valence-corrected chi connectivity index (χ1v) is 6.90. The van der Waals surface area contributed by atoms with Crippen molar-refractivity contribution in [3.63, 3.8) is 0 Å². The minimum absolute atomic E-state index is 0.358. The van der Waals surface area contributed by atoms with Gasteiger partial charge in [-0.3, -0.25) is 0 Å². The first-order valence-electron chi connectivity index (χ1n) is 6.14. The highest BCUT2D eigenvalue weighted by atomic mass is 35.5. The van der Waals surface area contributed by atoms with Crippen LogP contribution in [-0.4, -0.2) is 10.1 Å². The van der Waals surface area contributed by atoms with Gasteiger partial charge in [-0.1, -0.05) is 59.6 Å². The lowest BCUT2D eigenvalue weighted by molar-refractivity contribution is 0.216. The van der Waals surface area contributed by atoms with Crippen LogP contribution >= 0.6 is 23.2 Å². The quantitative estimate of drug-likeness (QED) is 0.749. The molecule has 1 atom stereocenters. The van der Waals surface area contributed by atoms with Crippen LogP contribution in [0, 0.1) is 0 Å². The molecule has 0 saturated carbocycles. The lowest BCUT2D eigenvalue weighted by atomic mass is 10.0. The van der Waals surface area contributed by atoms with Gasteiger partial charge < -0.3 is 5.11 Å². The Kier molecular flexibility index (Phi) is 3.62. The third-order valence-electron chi connectivity index (χ3n) is 3.18. The fraction of sp³-hybridized carbons (Fsp3) is 0.0625. The maximum atomic E-state index is 10.5. The Morgan fingerprint density at radius 1 is 0.900 bits per heavy atom. The highest BCUT2D eigenvalue weighted by Crippen LogP contribution is 2.32. The monoisotopic (exact) mass is 303 g/mol. The summed E-state index contributed by atoms with van der Waals surface area (Å²) >= 11 is 12.1. The van der Waals surface area contributed by atoms with Gasteiger partial charge in [0.15, 0.2) is 0 Å². The standard InChI is InChI=1S/C16H11Cl2NO/c17-12-6-3-5-11(15(12)18)16(20)14-9-8-10-4-1-2-7-13(10)19-14/h1-9,16,20H. The Bertz CT molecular complexity index is 773. The second kappa shape index (κ2) is 5.41. The minimum atomic E-state index is -0.897. The molecule has 2 aromatic carbocycles. The van der Waals surface area contributed by atoms with Crippen LogP contribution in [0.1, 0.15) is 17.4 Å². The van der Waals surface area contributed by atoms with E-state index in [1.807, 2.05) is 30.3 Å². The van der Waals surface area contributed by atoms with E-state index >= 15 is 0 Å². The van der Waals surface area contributed by atoms with E-state index in [1.54, 1.807) is 24.3 Å². The van der Waals surface area contributed by atoms with Crippen LogP contribution in [0.3, 0.4) is 0 Å². The lowest BCUT2D eigenvalue weighted by Crippen LogP contribution is -2.03. The van der Waals surface area contributed by atoms with E-state index in [0.29, 0.717) is 21.3 Å². The molecule has 0 spiro atoms. The van der Waals surface area contributed by atoms with Crippen LogP contribution in [0.25, 0.3) is 10.9 Å². The van der Waals surface area contributed by atoms with Crippen molar-refractivity contribution in [2.24, 2.45) is 0 Å². The van der Waals surface area contributed by atoms with E-state index in [1.165, 1.54) is 0 Å². The summed E-state index contributed by atoms with van der Waals surface area (Å²) in [5, 5.41) is 12.3. The number of rotatable bonds is 2.